The van der Waals surface area contributed by atoms with Crippen LogP contribution in [-0.4, -0.2) is 10.9 Å². The lowest BCUT2D eigenvalue weighted by Gasteiger charge is -2.13. The molecule has 1 aromatic rings. The number of alkyl halides is 1. The fraction of sp³-hybridized carbons (Fsp3) is 0.600. The van der Waals surface area contributed by atoms with E-state index in [9.17, 15) is 0 Å². The first kappa shape index (κ1) is 11.6. The summed E-state index contributed by atoms with van der Waals surface area (Å²) in [4.78, 5) is 0.719. The molecule has 0 radical (unpaired) electrons. The predicted octanol–water partition coefficient (Wildman–Crippen LogP) is 4.25. The van der Waals surface area contributed by atoms with E-state index in [0.717, 1.165) is 22.9 Å². The van der Waals surface area contributed by atoms with Crippen molar-refractivity contribution in [1.29, 1.82) is 0 Å². The molecular formula is C15H19BrO. The predicted molar refractivity (Wildman–Crippen MR) is 74.0 cm³/mol. The van der Waals surface area contributed by atoms with Crippen molar-refractivity contribution < 1.29 is 4.74 Å². The van der Waals surface area contributed by atoms with Crippen LogP contribution in [0.5, 0.6) is 5.75 Å². The molecule has 2 heteroatoms. The molecule has 0 bridgehead atoms. The molecule has 2 unspecified atom stereocenters. The maximum absolute atomic E-state index is 5.99. The Morgan fingerprint density at radius 2 is 2.24 bits per heavy atom. The zero-order chi connectivity index (χ0) is 11.8. The molecule has 1 heterocycles. The minimum Gasteiger partial charge on any atom is -0.490 e. The molecule has 0 amide bonds. The molecule has 1 aliphatic heterocycles. The lowest BCUT2D eigenvalue weighted by molar-refractivity contribution is 0.217. The molecule has 0 N–H and O–H groups in total. The molecule has 1 fully saturated rings. The summed E-state index contributed by atoms with van der Waals surface area (Å²) in [6.45, 7) is 2.15. The third kappa shape index (κ3) is 2.67. The Bertz CT molecular complexity index is 411. The van der Waals surface area contributed by atoms with Gasteiger partial charge in [-0.2, -0.15) is 0 Å². The number of aryl methyl sites for hydroxylation is 1. The third-order valence-electron chi connectivity index (χ3n) is 3.86. The van der Waals surface area contributed by atoms with Crippen molar-refractivity contribution in [3.8, 4) is 5.75 Å². The van der Waals surface area contributed by atoms with Gasteiger partial charge in [-0.3, -0.25) is 0 Å². The summed E-state index contributed by atoms with van der Waals surface area (Å²) < 4.78 is 5.99. The Hall–Kier alpha value is -0.500. The van der Waals surface area contributed by atoms with Gasteiger partial charge in [-0.05, 0) is 50.2 Å². The minimum atomic E-state index is 0.408. The number of ether oxygens (including phenoxy) is 1. The van der Waals surface area contributed by atoms with Crippen molar-refractivity contribution >= 4 is 15.9 Å². The standard InChI is InChI=1S/C15H19BrO/c1-10-2-7-15-12(8-10)9-13(17-15)5-6-14(16)11-3-4-11/h2,7-8,11,13-14H,3-6,9H2,1H3. The average Bonchev–Trinajstić information content (AvgIpc) is 3.07. The molecular weight excluding hydrogens is 276 g/mol. The van der Waals surface area contributed by atoms with E-state index in [2.05, 4.69) is 41.1 Å². The highest BCUT2D eigenvalue weighted by atomic mass is 79.9. The lowest BCUT2D eigenvalue weighted by Crippen LogP contribution is -2.15. The molecule has 2 aliphatic rings. The summed E-state index contributed by atoms with van der Waals surface area (Å²) in [6.07, 6.45) is 6.77. The molecule has 0 aromatic heterocycles. The zero-order valence-electron chi connectivity index (χ0n) is 10.3. The number of hydrogen-bond donors (Lipinski definition) is 0. The van der Waals surface area contributed by atoms with E-state index in [4.69, 9.17) is 4.74 Å². The second-order valence-electron chi connectivity index (χ2n) is 5.49. The van der Waals surface area contributed by atoms with E-state index in [0.29, 0.717) is 6.10 Å². The molecule has 92 valence electrons. The fourth-order valence-corrected chi connectivity index (χ4v) is 3.44. The van der Waals surface area contributed by atoms with Gasteiger partial charge in [0.15, 0.2) is 0 Å². The average molecular weight is 295 g/mol. The van der Waals surface area contributed by atoms with Crippen molar-refractivity contribution in [3.63, 3.8) is 0 Å². The van der Waals surface area contributed by atoms with Crippen LogP contribution in [0.2, 0.25) is 0 Å². The summed E-state index contributed by atoms with van der Waals surface area (Å²) in [7, 11) is 0. The largest absolute Gasteiger partial charge is 0.490 e. The smallest absolute Gasteiger partial charge is 0.123 e. The van der Waals surface area contributed by atoms with Gasteiger partial charge in [0.05, 0.1) is 0 Å². The normalized spacial score (nSPS) is 24.2. The van der Waals surface area contributed by atoms with Crippen LogP contribution in [0, 0.1) is 12.8 Å². The molecule has 1 nitrogen and oxygen atoms in total. The van der Waals surface area contributed by atoms with Crippen LogP contribution in [-0.2, 0) is 6.42 Å². The van der Waals surface area contributed by atoms with Crippen LogP contribution < -0.4 is 4.74 Å². The van der Waals surface area contributed by atoms with Crippen molar-refractivity contribution in [1.82, 2.24) is 0 Å². The summed E-state index contributed by atoms with van der Waals surface area (Å²) in [6, 6.07) is 6.53. The highest BCUT2D eigenvalue weighted by Gasteiger charge is 2.30. The van der Waals surface area contributed by atoms with Crippen LogP contribution in [0.4, 0.5) is 0 Å². The molecule has 2 atom stereocenters. The van der Waals surface area contributed by atoms with Gasteiger partial charge in [0.2, 0.25) is 0 Å². The lowest BCUT2D eigenvalue weighted by atomic mass is 10.0. The first-order chi connectivity index (χ1) is 8.22. The maximum Gasteiger partial charge on any atom is 0.123 e. The first-order valence-electron chi connectivity index (χ1n) is 6.62. The molecule has 3 rings (SSSR count). The Morgan fingerprint density at radius 1 is 1.41 bits per heavy atom. The molecule has 17 heavy (non-hydrogen) atoms. The van der Waals surface area contributed by atoms with Crippen LogP contribution in [0.1, 0.15) is 36.8 Å². The first-order valence-corrected chi connectivity index (χ1v) is 7.54. The topological polar surface area (TPSA) is 9.23 Å². The highest BCUT2D eigenvalue weighted by Crippen LogP contribution is 2.40. The van der Waals surface area contributed by atoms with Crippen molar-refractivity contribution in [3.05, 3.63) is 29.3 Å². The molecule has 1 aliphatic carbocycles. The quantitative estimate of drug-likeness (QED) is 0.754. The van der Waals surface area contributed by atoms with Crippen molar-refractivity contribution in [2.75, 3.05) is 0 Å². The number of rotatable bonds is 4. The van der Waals surface area contributed by atoms with Crippen LogP contribution in [0.3, 0.4) is 0 Å². The van der Waals surface area contributed by atoms with Crippen molar-refractivity contribution in [2.24, 2.45) is 5.92 Å². The third-order valence-corrected chi connectivity index (χ3v) is 5.06. The fourth-order valence-electron chi connectivity index (χ4n) is 2.65. The summed E-state index contributed by atoms with van der Waals surface area (Å²) in [5, 5.41) is 0. The van der Waals surface area contributed by atoms with Gasteiger partial charge in [-0.1, -0.05) is 33.6 Å². The van der Waals surface area contributed by atoms with Crippen LogP contribution in [0.15, 0.2) is 18.2 Å². The van der Waals surface area contributed by atoms with Gasteiger partial charge in [0.1, 0.15) is 11.9 Å². The Kier molecular flexibility index (Phi) is 3.16. The van der Waals surface area contributed by atoms with Gasteiger partial charge in [-0.25, -0.2) is 0 Å². The zero-order valence-corrected chi connectivity index (χ0v) is 11.9. The van der Waals surface area contributed by atoms with Gasteiger partial charge in [0, 0.05) is 11.2 Å². The molecule has 1 saturated carbocycles. The monoisotopic (exact) mass is 294 g/mol. The number of hydrogen-bond acceptors (Lipinski definition) is 1. The van der Waals surface area contributed by atoms with E-state index in [1.165, 1.54) is 36.8 Å². The number of benzene rings is 1. The Balaban J connectivity index is 1.54. The van der Waals surface area contributed by atoms with Gasteiger partial charge in [0.25, 0.3) is 0 Å². The minimum absolute atomic E-state index is 0.408. The van der Waals surface area contributed by atoms with E-state index < -0.39 is 0 Å². The summed E-state index contributed by atoms with van der Waals surface area (Å²) >= 11 is 3.80. The van der Waals surface area contributed by atoms with Crippen LogP contribution in [0.25, 0.3) is 0 Å². The SMILES string of the molecule is Cc1ccc2c(c1)CC(CCC(Br)C1CC1)O2. The van der Waals surface area contributed by atoms with E-state index in [1.807, 2.05) is 0 Å². The van der Waals surface area contributed by atoms with Gasteiger partial charge in [-0.15, -0.1) is 0 Å². The number of fused-ring (bicyclic) bond motifs is 1. The van der Waals surface area contributed by atoms with Gasteiger partial charge < -0.3 is 4.74 Å². The second kappa shape index (κ2) is 4.64. The molecule has 1 aromatic carbocycles. The van der Waals surface area contributed by atoms with E-state index in [1.54, 1.807) is 0 Å². The second-order valence-corrected chi connectivity index (χ2v) is 6.66. The summed E-state index contributed by atoms with van der Waals surface area (Å²) in [5.41, 5.74) is 2.73. The maximum atomic E-state index is 5.99. The Labute approximate surface area is 112 Å². The van der Waals surface area contributed by atoms with Crippen molar-refractivity contribution in [2.45, 2.75) is 50.0 Å². The van der Waals surface area contributed by atoms with Crippen LogP contribution >= 0.6 is 15.9 Å². The van der Waals surface area contributed by atoms with E-state index >= 15 is 0 Å². The van der Waals surface area contributed by atoms with E-state index in [-0.39, 0.29) is 0 Å². The Morgan fingerprint density at radius 3 is 3.00 bits per heavy atom. The highest BCUT2D eigenvalue weighted by molar-refractivity contribution is 9.09. The molecule has 0 spiro atoms. The molecule has 0 saturated heterocycles. The number of halogens is 1. The van der Waals surface area contributed by atoms with Gasteiger partial charge >= 0.3 is 0 Å². The summed E-state index contributed by atoms with van der Waals surface area (Å²) in [5.74, 6) is 2.05.